The number of hydrogen-bond donors (Lipinski definition) is 2. The van der Waals surface area contributed by atoms with E-state index in [0.29, 0.717) is 36.1 Å². The van der Waals surface area contributed by atoms with Crippen LogP contribution in [0.1, 0.15) is 12.8 Å². The molecular formula is C18H18N4O4S2. The number of carbonyl (C=O) groups is 1. The molecule has 1 aromatic heterocycles. The molecule has 1 fully saturated rings. The summed E-state index contributed by atoms with van der Waals surface area (Å²) in [5, 5.41) is 12.1. The number of fused-ring (bicyclic) bond motifs is 1. The van der Waals surface area contributed by atoms with E-state index in [1.165, 1.54) is 22.5 Å². The Morgan fingerprint density at radius 1 is 1.18 bits per heavy atom. The minimum absolute atomic E-state index is 0.110. The van der Waals surface area contributed by atoms with Gasteiger partial charge < -0.3 is 10.4 Å². The van der Waals surface area contributed by atoms with Gasteiger partial charge in [0, 0.05) is 18.8 Å². The quantitative estimate of drug-likeness (QED) is 0.630. The third-order valence-electron chi connectivity index (χ3n) is 4.76. The van der Waals surface area contributed by atoms with E-state index in [-0.39, 0.29) is 23.1 Å². The lowest BCUT2D eigenvalue weighted by atomic mass is 9.99. The Balaban J connectivity index is 1.53. The van der Waals surface area contributed by atoms with E-state index in [2.05, 4.69) is 14.1 Å². The lowest BCUT2D eigenvalue weighted by molar-refractivity contribution is -0.120. The van der Waals surface area contributed by atoms with E-state index < -0.39 is 15.9 Å². The number of phenols is 1. The van der Waals surface area contributed by atoms with Gasteiger partial charge in [0.05, 0.1) is 17.6 Å². The van der Waals surface area contributed by atoms with Crippen LogP contribution in [0.5, 0.6) is 5.75 Å². The van der Waals surface area contributed by atoms with Crippen LogP contribution >= 0.6 is 11.7 Å². The second-order valence-electron chi connectivity index (χ2n) is 6.63. The molecule has 1 saturated heterocycles. The summed E-state index contributed by atoms with van der Waals surface area (Å²) >= 11 is 0.973. The highest BCUT2D eigenvalue weighted by atomic mass is 32.2. The van der Waals surface area contributed by atoms with Crippen LogP contribution in [0.2, 0.25) is 0 Å². The van der Waals surface area contributed by atoms with Crippen LogP contribution < -0.4 is 5.32 Å². The molecule has 1 aliphatic rings. The van der Waals surface area contributed by atoms with Crippen molar-refractivity contribution in [2.75, 3.05) is 18.4 Å². The van der Waals surface area contributed by atoms with Crippen LogP contribution in [-0.2, 0) is 14.8 Å². The summed E-state index contributed by atoms with van der Waals surface area (Å²) in [7, 11) is -3.78. The van der Waals surface area contributed by atoms with Crippen molar-refractivity contribution in [2.45, 2.75) is 17.7 Å². The van der Waals surface area contributed by atoms with Gasteiger partial charge in [-0.1, -0.05) is 6.07 Å². The summed E-state index contributed by atoms with van der Waals surface area (Å²) in [5.41, 5.74) is 1.47. The number of hydrogen-bond acceptors (Lipinski definition) is 7. The van der Waals surface area contributed by atoms with Crippen LogP contribution in [-0.4, -0.2) is 45.6 Å². The SMILES string of the molecule is O=C(Nc1ccc(O)cc1)C1CCCN(S(=O)(=O)c2cccc3nsnc23)C1. The summed E-state index contributed by atoms with van der Waals surface area (Å²) in [5.74, 6) is -0.581. The summed E-state index contributed by atoms with van der Waals surface area (Å²) in [6.07, 6.45) is 1.20. The molecule has 2 heterocycles. The standard InChI is InChI=1S/C18H18N4O4S2/c23-14-8-6-13(7-9-14)19-18(24)12-3-2-10-22(11-12)28(25,26)16-5-1-4-15-17(16)21-27-20-15/h1,4-9,12,23H,2-3,10-11H2,(H,19,24). The zero-order chi connectivity index (χ0) is 19.7. The number of rotatable bonds is 4. The molecule has 10 heteroatoms. The average molecular weight is 419 g/mol. The summed E-state index contributed by atoms with van der Waals surface area (Å²) in [6, 6.07) is 11.1. The van der Waals surface area contributed by atoms with Gasteiger partial charge in [0.1, 0.15) is 21.7 Å². The van der Waals surface area contributed by atoms with Crippen LogP contribution in [0.15, 0.2) is 47.4 Å². The molecule has 2 N–H and O–H groups in total. The zero-order valence-corrected chi connectivity index (χ0v) is 16.4. The maximum absolute atomic E-state index is 13.2. The number of phenolic OH excluding ortho intramolecular Hbond substituents is 1. The van der Waals surface area contributed by atoms with Crippen LogP contribution in [0.3, 0.4) is 0 Å². The van der Waals surface area contributed by atoms with Crippen molar-refractivity contribution >= 4 is 44.4 Å². The highest BCUT2D eigenvalue weighted by molar-refractivity contribution is 7.89. The fourth-order valence-corrected chi connectivity index (χ4v) is 5.57. The highest BCUT2D eigenvalue weighted by Gasteiger charge is 2.34. The number of amides is 1. The van der Waals surface area contributed by atoms with Gasteiger partial charge in [-0.3, -0.25) is 4.79 Å². The van der Waals surface area contributed by atoms with E-state index in [9.17, 15) is 18.3 Å². The van der Waals surface area contributed by atoms with Gasteiger partial charge in [0.15, 0.2) is 0 Å². The van der Waals surface area contributed by atoms with Crippen molar-refractivity contribution in [1.29, 1.82) is 0 Å². The molecule has 8 nitrogen and oxygen atoms in total. The highest BCUT2D eigenvalue weighted by Crippen LogP contribution is 2.28. The second-order valence-corrected chi connectivity index (χ2v) is 9.06. The Morgan fingerprint density at radius 2 is 1.96 bits per heavy atom. The molecule has 3 aromatic rings. The van der Waals surface area contributed by atoms with Crippen LogP contribution in [0.25, 0.3) is 11.0 Å². The first-order valence-corrected chi connectivity index (χ1v) is 10.9. The molecule has 1 aliphatic heterocycles. The van der Waals surface area contributed by atoms with Gasteiger partial charge in [0.25, 0.3) is 0 Å². The number of aromatic hydroxyl groups is 1. The molecule has 2 aromatic carbocycles. The molecule has 0 spiro atoms. The Morgan fingerprint density at radius 3 is 2.75 bits per heavy atom. The number of nitrogens with zero attached hydrogens (tertiary/aromatic N) is 3. The molecular weight excluding hydrogens is 400 g/mol. The minimum atomic E-state index is -3.78. The monoisotopic (exact) mass is 418 g/mol. The van der Waals surface area contributed by atoms with Crippen molar-refractivity contribution in [3.63, 3.8) is 0 Å². The van der Waals surface area contributed by atoms with E-state index >= 15 is 0 Å². The van der Waals surface area contributed by atoms with Crippen molar-refractivity contribution in [3.05, 3.63) is 42.5 Å². The molecule has 1 amide bonds. The molecule has 146 valence electrons. The zero-order valence-electron chi connectivity index (χ0n) is 14.8. The molecule has 0 aliphatic carbocycles. The number of anilines is 1. The largest absolute Gasteiger partial charge is 0.508 e. The number of nitrogens with one attached hydrogen (secondary N) is 1. The van der Waals surface area contributed by atoms with E-state index in [1.807, 2.05) is 0 Å². The summed E-state index contributed by atoms with van der Waals surface area (Å²) in [4.78, 5) is 12.7. The number of sulfonamides is 1. The molecule has 1 atom stereocenters. The van der Waals surface area contributed by atoms with Gasteiger partial charge >= 0.3 is 0 Å². The van der Waals surface area contributed by atoms with Crippen molar-refractivity contribution in [3.8, 4) is 5.75 Å². The number of aromatic nitrogens is 2. The van der Waals surface area contributed by atoms with Gasteiger partial charge in [-0.15, -0.1) is 0 Å². The first-order chi connectivity index (χ1) is 13.4. The molecule has 0 saturated carbocycles. The molecule has 0 bridgehead atoms. The Labute approximate surface area is 166 Å². The third kappa shape index (κ3) is 3.58. The first kappa shape index (κ1) is 18.8. The van der Waals surface area contributed by atoms with Gasteiger partial charge in [-0.05, 0) is 49.2 Å². The first-order valence-electron chi connectivity index (χ1n) is 8.76. The van der Waals surface area contributed by atoms with Crippen molar-refractivity contribution in [1.82, 2.24) is 13.1 Å². The van der Waals surface area contributed by atoms with Crippen LogP contribution in [0.4, 0.5) is 5.69 Å². The predicted molar refractivity (Wildman–Crippen MR) is 106 cm³/mol. The number of benzene rings is 2. The maximum Gasteiger partial charge on any atom is 0.245 e. The Kier molecular flexibility index (Phi) is 5.00. The minimum Gasteiger partial charge on any atom is -0.508 e. The Hall–Kier alpha value is -2.56. The van der Waals surface area contributed by atoms with Crippen molar-refractivity contribution < 1.29 is 18.3 Å². The van der Waals surface area contributed by atoms with Crippen molar-refractivity contribution in [2.24, 2.45) is 5.92 Å². The molecule has 1 unspecified atom stereocenters. The summed E-state index contributed by atoms with van der Waals surface area (Å²) < 4.78 is 35.9. The average Bonchev–Trinajstić information content (AvgIpc) is 3.18. The normalized spacial score (nSPS) is 18.2. The molecule has 0 radical (unpaired) electrons. The maximum atomic E-state index is 13.2. The number of carbonyl (C=O) groups excluding carboxylic acids is 1. The molecule has 28 heavy (non-hydrogen) atoms. The Bertz CT molecular complexity index is 1110. The number of piperidine rings is 1. The van der Waals surface area contributed by atoms with E-state index in [0.717, 1.165) is 11.7 Å². The second kappa shape index (κ2) is 7.46. The lowest BCUT2D eigenvalue weighted by Crippen LogP contribution is -2.43. The summed E-state index contributed by atoms with van der Waals surface area (Å²) in [6.45, 7) is 0.472. The van der Waals surface area contributed by atoms with Gasteiger partial charge in [-0.25, -0.2) is 8.42 Å². The fraction of sp³-hybridized carbons (Fsp3) is 0.278. The van der Waals surface area contributed by atoms with E-state index in [1.54, 1.807) is 24.3 Å². The van der Waals surface area contributed by atoms with Crippen LogP contribution in [0, 0.1) is 5.92 Å². The topological polar surface area (TPSA) is 112 Å². The molecule has 4 rings (SSSR count). The van der Waals surface area contributed by atoms with Gasteiger partial charge in [-0.2, -0.15) is 13.1 Å². The third-order valence-corrected chi connectivity index (χ3v) is 7.20. The van der Waals surface area contributed by atoms with Gasteiger partial charge in [0.2, 0.25) is 15.9 Å². The van der Waals surface area contributed by atoms with E-state index in [4.69, 9.17) is 0 Å². The smallest absolute Gasteiger partial charge is 0.245 e. The lowest BCUT2D eigenvalue weighted by Gasteiger charge is -2.31. The predicted octanol–water partition coefficient (Wildman–Crippen LogP) is 2.44. The fourth-order valence-electron chi connectivity index (χ4n) is 3.29.